The van der Waals surface area contributed by atoms with E-state index in [-0.39, 0.29) is 5.75 Å². The van der Waals surface area contributed by atoms with E-state index in [0.29, 0.717) is 11.3 Å². The lowest BCUT2D eigenvalue weighted by Crippen LogP contribution is -1.97. The molecule has 114 valence electrons. The van der Waals surface area contributed by atoms with Crippen molar-refractivity contribution in [2.45, 2.75) is 0 Å². The van der Waals surface area contributed by atoms with Gasteiger partial charge in [-0.25, -0.2) is 4.98 Å². The highest BCUT2D eigenvalue weighted by Gasteiger charge is 2.06. The fraction of sp³-hybridized carbons (Fsp3) is 0.0588. The third-order valence-corrected chi connectivity index (χ3v) is 3.34. The summed E-state index contributed by atoms with van der Waals surface area (Å²) in [4.78, 5) is 16.9. The minimum atomic E-state index is 0.120. The maximum atomic E-state index is 9.57. The second-order valence-electron chi connectivity index (χ2n) is 4.90. The zero-order chi connectivity index (χ0) is 16.2. The number of rotatable bonds is 3. The Balaban J connectivity index is 2.11. The molecule has 2 heterocycles. The van der Waals surface area contributed by atoms with Crippen LogP contribution in [0.2, 0.25) is 0 Å². The molecule has 3 aromatic rings. The first-order chi connectivity index (χ1) is 11.2. The standard InChI is InChI=1S/C17H15N5O/c1-19-7-13(6-18)17-10-21-15-3-2-11(5-16(15)22-17)12-4-14(23)9-20-8-12/h2-10,23H,18H2,1H3/b13-6+,19-7?. The molecule has 0 bridgehead atoms. The van der Waals surface area contributed by atoms with E-state index in [9.17, 15) is 5.11 Å². The Morgan fingerprint density at radius 2 is 2.00 bits per heavy atom. The maximum Gasteiger partial charge on any atom is 0.134 e. The summed E-state index contributed by atoms with van der Waals surface area (Å²) in [5, 5.41) is 9.57. The number of benzene rings is 1. The number of aromatic hydroxyl groups is 1. The first-order valence-corrected chi connectivity index (χ1v) is 6.97. The van der Waals surface area contributed by atoms with E-state index in [2.05, 4.69) is 19.9 Å². The van der Waals surface area contributed by atoms with Gasteiger partial charge in [0.25, 0.3) is 0 Å². The number of fused-ring (bicyclic) bond motifs is 1. The van der Waals surface area contributed by atoms with Crippen molar-refractivity contribution >= 4 is 22.8 Å². The molecular weight excluding hydrogens is 290 g/mol. The molecule has 0 saturated heterocycles. The van der Waals surface area contributed by atoms with Gasteiger partial charge < -0.3 is 10.8 Å². The Bertz CT molecular complexity index is 918. The van der Waals surface area contributed by atoms with Crippen LogP contribution in [0.5, 0.6) is 5.75 Å². The number of hydrogen-bond donors (Lipinski definition) is 2. The van der Waals surface area contributed by atoms with Crippen molar-refractivity contribution in [2.24, 2.45) is 10.7 Å². The van der Waals surface area contributed by atoms with Gasteiger partial charge in [0, 0.05) is 36.8 Å². The van der Waals surface area contributed by atoms with Crippen LogP contribution in [-0.2, 0) is 0 Å². The SMILES string of the molecule is CN=C/C(=C\N)c1cnc2ccc(-c3cncc(O)c3)cc2n1. The average Bonchev–Trinajstić information content (AvgIpc) is 2.58. The molecule has 0 aliphatic rings. The maximum absolute atomic E-state index is 9.57. The van der Waals surface area contributed by atoms with Gasteiger partial charge in [0.15, 0.2) is 0 Å². The van der Waals surface area contributed by atoms with E-state index >= 15 is 0 Å². The van der Waals surface area contributed by atoms with Crippen LogP contribution in [0.4, 0.5) is 0 Å². The van der Waals surface area contributed by atoms with Gasteiger partial charge in [0.2, 0.25) is 0 Å². The number of aromatic nitrogens is 3. The molecule has 6 nitrogen and oxygen atoms in total. The normalized spacial score (nSPS) is 12.1. The van der Waals surface area contributed by atoms with Crippen LogP contribution in [-0.4, -0.2) is 33.3 Å². The fourth-order valence-electron chi connectivity index (χ4n) is 2.25. The van der Waals surface area contributed by atoms with E-state index in [4.69, 9.17) is 5.73 Å². The largest absolute Gasteiger partial charge is 0.506 e. The van der Waals surface area contributed by atoms with Gasteiger partial charge in [0.05, 0.1) is 29.1 Å². The van der Waals surface area contributed by atoms with Crippen molar-refractivity contribution in [3.63, 3.8) is 0 Å². The van der Waals surface area contributed by atoms with Crippen molar-refractivity contribution in [2.75, 3.05) is 7.05 Å². The van der Waals surface area contributed by atoms with Gasteiger partial charge in [-0.3, -0.25) is 15.0 Å². The number of nitrogens with two attached hydrogens (primary N) is 1. The van der Waals surface area contributed by atoms with Crippen molar-refractivity contribution in [3.05, 3.63) is 54.7 Å². The Hall–Kier alpha value is -3.28. The summed E-state index contributed by atoms with van der Waals surface area (Å²) in [5.74, 6) is 0.120. The fourth-order valence-corrected chi connectivity index (χ4v) is 2.25. The van der Waals surface area contributed by atoms with Crippen molar-refractivity contribution in [3.8, 4) is 16.9 Å². The Labute approximate surface area is 133 Å². The Morgan fingerprint density at radius 1 is 1.13 bits per heavy atom. The molecule has 1 aromatic carbocycles. The third kappa shape index (κ3) is 3.01. The Morgan fingerprint density at radius 3 is 2.74 bits per heavy atom. The lowest BCUT2D eigenvalue weighted by Gasteiger charge is -2.06. The van der Waals surface area contributed by atoms with Crippen LogP contribution >= 0.6 is 0 Å². The highest BCUT2D eigenvalue weighted by molar-refractivity contribution is 6.09. The molecule has 3 N–H and O–H groups in total. The monoisotopic (exact) mass is 305 g/mol. The predicted molar refractivity (Wildman–Crippen MR) is 91.0 cm³/mol. The zero-order valence-electron chi connectivity index (χ0n) is 12.5. The van der Waals surface area contributed by atoms with E-state index in [1.165, 1.54) is 12.4 Å². The Kier molecular flexibility index (Phi) is 3.97. The third-order valence-electron chi connectivity index (χ3n) is 3.34. The number of allylic oxidation sites excluding steroid dienone is 1. The summed E-state index contributed by atoms with van der Waals surface area (Å²) in [6.07, 6.45) is 7.83. The molecule has 0 atom stereocenters. The zero-order valence-corrected chi connectivity index (χ0v) is 12.5. The summed E-state index contributed by atoms with van der Waals surface area (Å²) in [6, 6.07) is 7.35. The van der Waals surface area contributed by atoms with Gasteiger partial charge in [-0.1, -0.05) is 6.07 Å². The van der Waals surface area contributed by atoms with Crippen LogP contribution in [0.1, 0.15) is 5.69 Å². The summed E-state index contributed by atoms with van der Waals surface area (Å²) in [6.45, 7) is 0. The van der Waals surface area contributed by atoms with Crippen molar-refractivity contribution in [1.29, 1.82) is 0 Å². The number of pyridine rings is 1. The molecule has 2 aromatic heterocycles. The van der Waals surface area contributed by atoms with E-state index in [1.54, 1.807) is 31.7 Å². The second kappa shape index (κ2) is 6.23. The van der Waals surface area contributed by atoms with Crippen LogP contribution in [0.3, 0.4) is 0 Å². The summed E-state index contributed by atoms with van der Waals surface area (Å²) in [5.41, 5.74) is 10.2. The van der Waals surface area contributed by atoms with Gasteiger partial charge in [-0.2, -0.15) is 0 Å². The number of nitrogens with zero attached hydrogens (tertiary/aromatic N) is 4. The molecule has 0 saturated carbocycles. The van der Waals surface area contributed by atoms with Crippen molar-refractivity contribution < 1.29 is 5.11 Å². The summed E-state index contributed by atoms with van der Waals surface area (Å²) < 4.78 is 0. The van der Waals surface area contributed by atoms with Gasteiger partial charge >= 0.3 is 0 Å². The molecule has 0 aliphatic carbocycles. The van der Waals surface area contributed by atoms with Gasteiger partial charge in [-0.15, -0.1) is 0 Å². The minimum absolute atomic E-state index is 0.120. The molecule has 6 heteroatoms. The smallest absolute Gasteiger partial charge is 0.134 e. The van der Waals surface area contributed by atoms with Gasteiger partial charge in [-0.05, 0) is 23.8 Å². The first kappa shape index (κ1) is 14.6. The molecular formula is C17H15N5O. The number of aliphatic imine (C=N–C) groups is 1. The lowest BCUT2D eigenvalue weighted by molar-refractivity contribution is 0.473. The average molecular weight is 305 g/mol. The van der Waals surface area contributed by atoms with E-state index < -0.39 is 0 Å². The predicted octanol–water partition coefficient (Wildman–Crippen LogP) is 2.40. The quantitative estimate of drug-likeness (QED) is 0.724. The molecule has 0 radical (unpaired) electrons. The topological polar surface area (TPSA) is 97.3 Å². The summed E-state index contributed by atoms with van der Waals surface area (Å²) in [7, 11) is 1.67. The molecule has 0 aliphatic heterocycles. The number of hydrogen-bond acceptors (Lipinski definition) is 6. The van der Waals surface area contributed by atoms with Crippen LogP contribution in [0, 0.1) is 0 Å². The minimum Gasteiger partial charge on any atom is -0.506 e. The summed E-state index contributed by atoms with van der Waals surface area (Å²) >= 11 is 0. The lowest BCUT2D eigenvalue weighted by atomic mass is 10.1. The van der Waals surface area contributed by atoms with Crippen LogP contribution in [0.25, 0.3) is 27.7 Å². The first-order valence-electron chi connectivity index (χ1n) is 6.97. The molecule has 0 unspecified atom stereocenters. The molecule has 3 rings (SSSR count). The van der Waals surface area contributed by atoms with Crippen molar-refractivity contribution in [1.82, 2.24) is 15.0 Å². The molecule has 0 amide bonds. The highest BCUT2D eigenvalue weighted by atomic mass is 16.3. The molecule has 0 fully saturated rings. The van der Waals surface area contributed by atoms with Crippen LogP contribution < -0.4 is 5.73 Å². The van der Waals surface area contributed by atoms with Crippen LogP contribution in [0.15, 0.2) is 54.0 Å². The molecule has 0 spiro atoms. The highest BCUT2D eigenvalue weighted by Crippen LogP contribution is 2.25. The van der Waals surface area contributed by atoms with Gasteiger partial charge in [0.1, 0.15) is 5.75 Å². The molecule has 23 heavy (non-hydrogen) atoms. The van der Waals surface area contributed by atoms with E-state index in [0.717, 1.165) is 22.2 Å². The second-order valence-corrected chi connectivity index (χ2v) is 4.90. The van der Waals surface area contributed by atoms with E-state index in [1.807, 2.05) is 18.2 Å².